The highest BCUT2D eigenvalue weighted by Crippen LogP contribution is 2.29. The van der Waals surface area contributed by atoms with E-state index in [1.165, 1.54) is 15.7 Å². The van der Waals surface area contributed by atoms with Crippen molar-refractivity contribution in [2.45, 2.75) is 25.3 Å². The molecule has 0 spiro atoms. The zero-order chi connectivity index (χ0) is 18.3. The Kier molecular flexibility index (Phi) is 4.20. The highest BCUT2D eigenvalue weighted by atomic mass is 32.1. The maximum atomic E-state index is 12.8. The summed E-state index contributed by atoms with van der Waals surface area (Å²) in [6.07, 6.45) is 3.04. The van der Waals surface area contributed by atoms with Gasteiger partial charge in [-0.25, -0.2) is 0 Å². The summed E-state index contributed by atoms with van der Waals surface area (Å²) in [5, 5.41) is 3.65. The molecule has 26 heavy (non-hydrogen) atoms. The number of fused-ring (bicyclic) bond motifs is 2. The van der Waals surface area contributed by atoms with E-state index in [1.807, 2.05) is 12.1 Å². The molecule has 2 aromatic carbocycles. The average molecular weight is 365 g/mol. The van der Waals surface area contributed by atoms with Crippen LogP contribution in [-0.4, -0.2) is 15.5 Å². The van der Waals surface area contributed by atoms with E-state index in [1.54, 1.807) is 25.2 Å². The number of hydrogen-bond donors (Lipinski definition) is 2. The molecule has 0 bridgehead atoms. The predicted octanol–water partition coefficient (Wildman–Crippen LogP) is 3.40. The Morgan fingerprint density at radius 3 is 2.92 bits per heavy atom. The minimum absolute atomic E-state index is 0.0188. The molecule has 0 saturated carbocycles. The van der Waals surface area contributed by atoms with Gasteiger partial charge in [0.1, 0.15) is 0 Å². The van der Waals surface area contributed by atoms with E-state index in [4.69, 9.17) is 12.2 Å². The molecule has 3 aromatic rings. The van der Waals surface area contributed by atoms with Crippen molar-refractivity contribution in [3.8, 4) is 0 Å². The van der Waals surface area contributed by atoms with Gasteiger partial charge in [0.15, 0.2) is 4.77 Å². The Morgan fingerprint density at radius 2 is 2.08 bits per heavy atom. The molecule has 2 N–H and O–H groups in total. The van der Waals surface area contributed by atoms with Crippen molar-refractivity contribution in [1.29, 1.82) is 0 Å². The van der Waals surface area contributed by atoms with Crippen LogP contribution in [-0.2, 0) is 13.5 Å². The fraction of sp³-hybridized carbons (Fsp3) is 0.250. The van der Waals surface area contributed by atoms with Crippen molar-refractivity contribution in [2.24, 2.45) is 7.05 Å². The van der Waals surface area contributed by atoms with Crippen molar-refractivity contribution >= 4 is 29.0 Å². The number of hydrogen-bond acceptors (Lipinski definition) is 3. The van der Waals surface area contributed by atoms with Crippen LogP contribution in [0.2, 0.25) is 0 Å². The molecular weight excluding hydrogens is 346 g/mol. The van der Waals surface area contributed by atoms with Crippen LogP contribution in [0.3, 0.4) is 0 Å². The largest absolute Gasteiger partial charge is 0.345 e. The summed E-state index contributed by atoms with van der Waals surface area (Å²) in [5.41, 5.74) is 3.42. The van der Waals surface area contributed by atoms with E-state index in [2.05, 4.69) is 22.4 Å². The maximum Gasteiger partial charge on any atom is 0.261 e. The number of carbonyl (C=O) groups is 1. The highest BCUT2D eigenvalue weighted by Gasteiger charge is 2.22. The molecule has 1 aromatic heterocycles. The summed E-state index contributed by atoms with van der Waals surface area (Å²) >= 11 is 5.16. The normalized spacial score (nSPS) is 16.3. The van der Waals surface area contributed by atoms with E-state index in [0.717, 1.165) is 19.3 Å². The molecule has 0 radical (unpaired) electrons. The number of H-pyrrole nitrogens is 1. The Morgan fingerprint density at radius 1 is 1.27 bits per heavy atom. The van der Waals surface area contributed by atoms with E-state index in [-0.39, 0.29) is 17.5 Å². The molecule has 1 atom stereocenters. The second kappa shape index (κ2) is 6.53. The molecule has 6 heteroatoms. The third-order valence-electron chi connectivity index (χ3n) is 5.04. The standard InChI is InChI=1S/C20H19N3O2S/c1-23-19(25)15-10-9-13(11-17(15)22-20(23)26)18(24)21-16-8-4-6-12-5-2-3-7-14(12)16/h2-3,5,7,9-11,16H,4,6,8H2,1H3,(H,21,24)(H,22,26)/t16-/m0/s1. The van der Waals surface area contributed by atoms with Crippen LogP contribution in [0, 0.1) is 4.77 Å². The first kappa shape index (κ1) is 16.7. The Balaban J connectivity index is 1.66. The van der Waals surface area contributed by atoms with Crippen LogP contribution in [0.15, 0.2) is 47.3 Å². The van der Waals surface area contributed by atoms with Crippen molar-refractivity contribution in [1.82, 2.24) is 14.9 Å². The molecular formula is C20H19N3O2S. The van der Waals surface area contributed by atoms with Crippen molar-refractivity contribution in [2.75, 3.05) is 0 Å². The number of rotatable bonds is 2. The molecule has 1 amide bonds. The summed E-state index contributed by atoms with van der Waals surface area (Å²) < 4.78 is 1.72. The van der Waals surface area contributed by atoms with Crippen molar-refractivity contribution in [3.05, 3.63) is 74.3 Å². The van der Waals surface area contributed by atoms with Gasteiger partial charge in [-0.3, -0.25) is 14.2 Å². The van der Waals surface area contributed by atoms with Gasteiger partial charge in [0, 0.05) is 12.6 Å². The van der Waals surface area contributed by atoms with Crippen LogP contribution in [0.25, 0.3) is 10.9 Å². The molecule has 1 aliphatic carbocycles. The molecule has 4 rings (SSSR count). The lowest BCUT2D eigenvalue weighted by Crippen LogP contribution is -2.31. The SMILES string of the molecule is Cn1c(=S)[nH]c2cc(C(=O)N[C@H]3CCCc4ccccc43)ccc2c1=O. The minimum atomic E-state index is -0.170. The van der Waals surface area contributed by atoms with Crippen molar-refractivity contribution in [3.63, 3.8) is 0 Å². The smallest absolute Gasteiger partial charge is 0.261 e. The highest BCUT2D eigenvalue weighted by molar-refractivity contribution is 7.71. The second-order valence-corrected chi connectivity index (χ2v) is 7.06. The average Bonchev–Trinajstić information content (AvgIpc) is 2.66. The van der Waals surface area contributed by atoms with Gasteiger partial charge in [0.2, 0.25) is 0 Å². The summed E-state index contributed by atoms with van der Waals surface area (Å²) in [6, 6.07) is 13.3. The first-order valence-corrected chi connectivity index (χ1v) is 9.07. The summed E-state index contributed by atoms with van der Waals surface area (Å²) in [4.78, 5) is 28.0. The van der Waals surface area contributed by atoms with Gasteiger partial charge in [-0.15, -0.1) is 0 Å². The summed E-state index contributed by atoms with van der Waals surface area (Å²) in [5.74, 6) is -0.145. The monoisotopic (exact) mass is 365 g/mol. The molecule has 0 fully saturated rings. The van der Waals surface area contributed by atoms with Crippen LogP contribution in [0.5, 0.6) is 0 Å². The van der Waals surface area contributed by atoms with Crippen LogP contribution in [0.1, 0.15) is 40.4 Å². The maximum absolute atomic E-state index is 12.8. The van der Waals surface area contributed by atoms with Crippen LogP contribution < -0.4 is 10.9 Å². The van der Waals surface area contributed by atoms with E-state index >= 15 is 0 Å². The Bertz CT molecular complexity index is 1130. The van der Waals surface area contributed by atoms with Gasteiger partial charge in [0.25, 0.3) is 11.5 Å². The molecule has 132 valence electrons. The Hall–Kier alpha value is -2.73. The number of aryl methyl sites for hydroxylation is 1. The number of aromatic amines is 1. The molecule has 0 saturated heterocycles. The second-order valence-electron chi connectivity index (χ2n) is 6.67. The van der Waals surface area contributed by atoms with E-state index in [9.17, 15) is 9.59 Å². The van der Waals surface area contributed by atoms with Crippen molar-refractivity contribution < 1.29 is 4.79 Å². The number of nitrogens with zero attached hydrogens (tertiary/aromatic N) is 1. The van der Waals surface area contributed by atoms with Gasteiger partial charge < -0.3 is 10.3 Å². The van der Waals surface area contributed by atoms with Gasteiger partial charge in [-0.2, -0.15) is 0 Å². The number of nitrogens with one attached hydrogen (secondary N) is 2. The molecule has 5 nitrogen and oxygen atoms in total. The Labute approximate surface area is 155 Å². The fourth-order valence-corrected chi connectivity index (χ4v) is 3.79. The molecule has 1 heterocycles. The minimum Gasteiger partial charge on any atom is -0.345 e. The molecule has 1 aliphatic rings. The molecule has 0 unspecified atom stereocenters. The fourth-order valence-electron chi connectivity index (χ4n) is 3.59. The van der Waals surface area contributed by atoms with Gasteiger partial charge >= 0.3 is 0 Å². The first-order chi connectivity index (χ1) is 12.5. The quantitative estimate of drug-likeness (QED) is 0.684. The zero-order valence-corrected chi connectivity index (χ0v) is 15.2. The summed E-state index contributed by atoms with van der Waals surface area (Å²) in [6.45, 7) is 0. The molecule has 0 aliphatic heterocycles. The van der Waals surface area contributed by atoms with Gasteiger partial charge in [-0.05, 0) is 60.8 Å². The van der Waals surface area contributed by atoms with Crippen LogP contribution in [0.4, 0.5) is 0 Å². The van der Waals surface area contributed by atoms with E-state index < -0.39 is 0 Å². The van der Waals surface area contributed by atoms with Gasteiger partial charge in [0.05, 0.1) is 16.9 Å². The number of carbonyl (C=O) groups excluding carboxylic acids is 1. The predicted molar refractivity (Wildman–Crippen MR) is 104 cm³/mol. The lowest BCUT2D eigenvalue weighted by Gasteiger charge is -2.26. The number of amides is 1. The number of aromatic nitrogens is 2. The van der Waals surface area contributed by atoms with E-state index in [0.29, 0.717) is 21.2 Å². The van der Waals surface area contributed by atoms with Gasteiger partial charge in [-0.1, -0.05) is 24.3 Å². The lowest BCUT2D eigenvalue weighted by atomic mass is 9.87. The third-order valence-corrected chi connectivity index (χ3v) is 5.41. The zero-order valence-electron chi connectivity index (χ0n) is 14.4. The summed E-state index contributed by atoms with van der Waals surface area (Å²) in [7, 11) is 1.63. The topological polar surface area (TPSA) is 66.9 Å². The number of benzene rings is 2. The van der Waals surface area contributed by atoms with Crippen LogP contribution >= 0.6 is 12.2 Å². The first-order valence-electron chi connectivity index (χ1n) is 8.66. The lowest BCUT2D eigenvalue weighted by molar-refractivity contribution is 0.0933. The third kappa shape index (κ3) is 2.86.